The minimum Gasteiger partial charge on any atom is -0.465 e. The lowest BCUT2D eigenvalue weighted by Crippen LogP contribution is -2.47. The van der Waals surface area contributed by atoms with E-state index in [0.717, 1.165) is 25.9 Å². The van der Waals surface area contributed by atoms with E-state index in [4.69, 9.17) is 5.11 Å². The molecule has 2 aliphatic rings. The Morgan fingerprint density at radius 2 is 1.53 bits per heavy atom. The number of rotatable bonds is 1. The Hall–Kier alpha value is -0.770. The Bertz CT molecular complexity index is 219. The second-order valence-electron chi connectivity index (χ2n) is 4.60. The molecule has 2 aliphatic heterocycles. The van der Waals surface area contributed by atoms with Gasteiger partial charge in [0, 0.05) is 19.1 Å². The third-order valence-electron chi connectivity index (χ3n) is 3.64. The molecular formula is C13H26N2O2. The molecule has 2 heterocycles. The van der Waals surface area contributed by atoms with Gasteiger partial charge in [-0.2, -0.15) is 0 Å². The molecule has 0 saturated carbocycles. The quantitative estimate of drug-likeness (QED) is 0.768. The molecule has 4 heteroatoms. The van der Waals surface area contributed by atoms with Crippen LogP contribution in [0.1, 0.15) is 46.0 Å². The van der Waals surface area contributed by atoms with Gasteiger partial charge in [0.15, 0.2) is 0 Å². The van der Waals surface area contributed by atoms with Crippen molar-refractivity contribution in [1.82, 2.24) is 9.80 Å². The van der Waals surface area contributed by atoms with Gasteiger partial charge in [0.25, 0.3) is 0 Å². The molecule has 2 saturated heterocycles. The molecule has 0 radical (unpaired) electrons. The van der Waals surface area contributed by atoms with E-state index in [2.05, 4.69) is 4.90 Å². The predicted molar refractivity (Wildman–Crippen MR) is 69.4 cm³/mol. The average Bonchev–Trinajstić information content (AvgIpc) is 2.42. The molecule has 100 valence electrons. The van der Waals surface area contributed by atoms with Gasteiger partial charge in [-0.05, 0) is 38.8 Å². The lowest BCUT2D eigenvalue weighted by molar-refractivity contribution is 0.0849. The van der Waals surface area contributed by atoms with Gasteiger partial charge in [-0.3, -0.25) is 0 Å². The Labute approximate surface area is 105 Å². The van der Waals surface area contributed by atoms with Crippen LogP contribution < -0.4 is 0 Å². The molecule has 0 aromatic carbocycles. The molecule has 0 unspecified atom stereocenters. The van der Waals surface area contributed by atoms with Crippen LogP contribution in [0.4, 0.5) is 4.79 Å². The van der Waals surface area contributed by atoms with Gasteiger partial charge in [-0.25, -0.2) is 4.79 Å². The first kappa shape index (κ1) is 14.3. The highest BCUT2D eigenvalue weighted by atomic mass is 16.4. The number of hydrogen-bond acceptors (Lipinski definition) is 2. The van der Waals surface area contributed by atoms with Crippen molar-refractivity contribution in [2.45, 2.75) is 52.0 Å². The normalized spacial score (nSPS) is 22.8. The van der Waals surface area contributed by atoms with Crippen molar-refractivity contribution in [2.75, 3.05) is 26.2 Å². The predicted octanol–water partition coefficient (Wildman–Crippen LogP) is 2.64. The minimum absolute atomic E-state index is 0.640. The maximum atomic E-state index is 10.7. The maximum Gasteiger partial charge on any atom is 0.407 e. The zero-order valence-corrected chi connectivity index (χ0v) is 11.2. The maximum absolute atomic E-state index is 10.7. The monoisotopic (exact) mass is 242 g/mol. The minimum atomic E-state index is -0.757. The molecule has 17 heavy (non-hydrogen) atoms. The highest BCUT2D eigenvalue weighted by Gasteiger charge is 2.27. The summed E-state index contributed by atoms with van der Waals surface area (Å²) in [5.41, 5.74) is 0. The largest absolute Gasteiger partial charge is 0.465 e. The number of carboxylic acid groups (broad SMARTS) is 1. The fourth-order valence-electron chi connectivity index (χ4n) is 2.71. The van der Waals surface area contributed by atoms with Crippen molar-refractivity contribution in [1.29, 1.82) is 0 Å². The third-order valence-corrected chi connectivity index (χ3v) is 3.64. The van der Waals surface area contributed by atoms with E-state index in [-0.39, 0.29) is 0 Å². The van der Waals surface area contributed by atoms with E-state index in [0.29, 0.717) is 6.04 Å². The average molecular weight is 242 g/mol. The van der Waals surface area contributed by atoms with Gasteiger partial charge in [0.2, 0.25) is 0 Å². The summed E-state index contributed by atoms with van der Waals surface area (Å²) in [7, 11) is 0. The SMILES string of the molecule is CC.O=C(O)N1CCC(N2CCCCC2)CC1. The van der Waals surface area contributed by atoms with E-state index in [1.807, 2.05) is 13.8 Å². The van der Waals surface area contributed by atoms with Crippen LogP contribution in [0.2, 0.25) is 0 Å². The number of likely N-dealkylation sites (tertiary alicyclic amines) is 2. The molecule has 1 amide bonds. The number of carbonyl (C=O) groups is 1. The van der Waals surface area contributed by atoms with Crippen LogP contribution in [0.25, 0.3) is 0 Å². The van der Waals surface area contributed by atoms with Gasteiger partial charge in [-0.15, -0.1) is 0 Å². The molecule has 0 aliphatic carbocycles. The molecule has 0 atom stereocenters. The fourth-order valence-corrected chi connectivity index (χ4v) is 2.71. The summed E-state index contributed by atoms with van der Waals surface area (Å²) in [6, 6.07) is 0.640. The van der Waals surface area contributed by atoms with Crippen LogP contribution in [0.3, 0.4) is 0 Å². The van der Waals surface area contributed by atoms with E-state index < -0.39 is 6.09 Å². The molecule has 0 aromatic rings. The summed E-state index contributed by atoms with van der Waals surface area (Å²) in [5.74, 6) is 0. The number of amides is 1. The van der Waals surface area contributed by atoms with Gasteiger partial charge < -0.3 is 14.9 Å². The first-order valence-electron chi connectivity index (χ1n) is 6.99. The Morgan fingerprint density at radius 3 is 2.00 bits per heavy atom. The molecule has 1 N–H and O–H groups in total. The summed E-state index contributed by atoms with van der Waals surface area (Å²) in [4.78, 5) is 14.8. The molecule has 2 rings (SSSR count). The summed E-state index contributed by atoms with van der Waals surface area (Å²) >= 11 is 0. The smallest absolute Gasteiger partial charge is 0.407 e. The highest BCUT2D eigenvalue weighted by molar-refractivity contribution is 5.65. The molecule has 4 nitrogen and oxygen atoms in total. The van der Waals surface area contributed by atoms with Crippen LogP contribution in [0.5, 0.6) is 0 Å². The zero-order valence-electron chi connectivity index (χ0n) is 11.2. The standard InChI is InChI=1S/C11H20N2O2.C2H6/c14-11(15)13-8-4-10(5-9-13)12-6-2-1-3-7-12;1-2/h10H,1-9H2,(H,14,15);1-2H3. The van der Waals surface area contributed by atoms with Crippen molar-refractivity contribution < 1.29 is 9.90 Å². The van der Waals surface area contributed by atoms with Crippen LogP contribution in [-0.2, 0) is 0 Å². The molecular weight excluding hydrogens is 216 g/mol. The zero-order chi connectivity index (χ0) is 12.7. The summed E-state index contributed by atoms with van der Waals surface area (Å²) < 4.78 is 0. The van der Waals surface area contributed by atoms with Crippen molar-refractivity contribution in [3.63, 3.8) is 0 Å². The second-order valence-corrected chi connectivity index (χ2v) is 4.60. The second kappa shape index (κ2) is 7.54. The summed E-state index contributed by atoms with van der Waals surface area (Å²) in [6.45, 7) is 7.88. The molecule has 2 fully saturated rings. The van der Waals surface area contributed by atoms with Gasteiger partial charge >= 0.3 is 6.09 Å². The summed E-state index contributed by atoms with van der Waals surface area (Å²) in [5, 5.41) is 8.85. The van der Waals surface area contributed by atoms with Crippen LogP contribution >= 0.6 is 0 Å². The molecule has 0 bridgehead atoms. The highest BCUT2D eigenvalue weighted by Crippen LogP contribution is 2.20. The first-order chi connectivity index (χ1) is 8.27. The van der Waals surface area contributed by atoms with Crippen LogP contribution in [0, 0.1) is 0 Å². The van der Waals surface area contributed by atoms with Crippen molar-refractivity contribution in [3.05, 3.63) is 0 Å². The first-order valence-corrected chi connectivity index (χ1v) is 6.99. The van der Waals surface area contributed by atoms with Crippen LogP contribution in [0.15, 0.2) is 0 Å². The van der Waals surface area contributed by atoms with Gasteiger partial charge in [0.1, 0.15) is 0 Å². The van der Waals surface area contributed by atoms with E-state index in [9.17, 15) is 4.79 Å². The molecule has 0 spiro atoms. The lowest BCUT2D eigenvalue weighted by Gasteiger charge is -2.39. The Kier molecular flexibility index (Phi) is 6.34. The Morgan fingerprint density at radius 1 is 1.00 bits per heavy atom. The third kappa shape index (κ3) is 4.19. The van der Waals surface area contributed by atoms with E-state index >= 15 is 0 Å². The van der Waals surface area contributed by atoms with Gasteiger partial charge in [-0.1, -0.05) is 20.3 Å². The van der Waals surface area contributed by atoms with Crippen molar-refractivity contribution in [2.24, 2.45) is 0 Å². The fraction of sp³-hybridized carbons (Fsp3) is 0.923. The molecule has 0 aromatic heterocycles. The number of piperidine rings is 2. The Balaban J connectivity index is 0.000000686. The van der Waals surface area contributed by atoms with Crippen molar-refractivity contribution in [3.8, 4) is 0 Å². The van der Waals surface area contributed by atoms with Gasteiger partial charge in [0.05, 0.1) is 0 Å². The van der Waals surface area contributed by atoms with E-state index in [1.54, 1.807) is 4.90 Å². The van der Waals surface area contributed by atoms with Crippen LogP contribution in [-0.4, -0.2) is 53.2 Å². The number of hydrogen-bond donors (Lipinski definition) is 1. The van der Waals surface area contributed by atoms with E-state index in [1.165, 1.54) is 32.4 Å². The summed E-state index contributed by atoms with van der Waals surface area (Å²) in [6.07, 6.45) is 5.29. The lowest BCUT2D eigenvalue weighted by atomic mass is 10.0. The topological polar surface area (TPSA) is 43.8 Å². The number of nitrogens with zero attached hydrogens (tertiary/aromatic N) is 2. The van der Waals surface area contributed by atoms with Crippen molar-refractivity contribution >= 4 is 6.09 Å².